The highest BCUT2D eigenvalue weighted by Crippen LogP contribution is 2.31. The highest BCUT2D eigenvalue weighted by molar-refractivity contribution is 7.91. The van der Waals surface area contributed by atoms with Crippen molar-refractivity contribution in [2.75, 3.05) is 38.3 Å². The summed E-state index contributed by atoms with van der Waals surface area (Å²) in [6.07, 6.45) is 1.62. The molecule has 2 aliphatic rings. The van der Waals surface area contributed by atoms with Gasteiger partial charge in [-0.1, -0.05) is 0 Å². The highest BCUT2D eigenvalue weighted by atomic mass is 32.2. The van der Waals surface area contributed by atoms with E-state index in [9.17, 15) is 8.42 Å². The molecule has 6 heteroatoms. The number of ether oxygens (including phenoxy) is 1. The van der Waals surface area contributed by atoms with Crippen molar-refractivity contribution in [2.45, 2.75) is 24.4 Å². The van der Waals surface area contributed by atoms with Crippen molar-refractivity contribution >= 4 is 9.84 Å². The molecule has 2 aliphatic heterocycles. The Morgan fingerprint density at radius 3 is 2.75 bits per heavy atom. The Morgan fingerprint density at radius 2 is 2.31 bits per heavy atom. The lowest BCUT2D eigenvalue weighted by Crippen LogP contribution is -2.57. The normalized spacial score (nSPS) is 38.3. The van der Waals surface area contributed by atoms with Gasteiger partial charge in [-0.05, 0) is 19.9 Å². The van der Waals surface area contributed by atoms with Gasteiger partial charge in [-0.2, -0.15) is 0 Å². The summed E-state index contributed by atoms with van der Waals surface area (Å²) in [6, 6.07) is 0.317. The molecule has 0 spiro atoms. The maximum Gasteiger partial charge on any atom is 0.152 e. The summed E-state index contributed by atoms with van der Waals surface area (Å²) in [7, 11) is -0.924. The van der Waals surface area contributed by atoms with Crippen LogP contribution in [0.3, 0.4) is 0 Å². The largest absolute Gasteiger partial charge is 0.380 e. The van der Waals surface area contributed by atoms with Crippen molar-refractivity contribution in [1.29, 1.82) is 0 Å². The van der Waals surface area contributed by atoms with Gasteiger partial charge in [-0.15, -0.1) is 0 Å². The van der Waals surface area contributed by atoms with E-state index in [-0.39, 0.29) is 17.0 Å². The quantitative estimate of drug-likeness (QED) is 0.709. The number of hydrogen-bond acceptors (Lipinski definition) is 5. The Balaban J connectivity index is 2.15. The zero-order valence-electron chi connectivity index (χ0n) is 9.68. The van der Waals surface area contributed by atoms with Crippen molar-refractivity contribution in [3.8, 4) is 0 Å². The summed E-state index contributed by atoms with van der Waals surface area (Å²) in [5.74, 6) is 0.464. The molecular weight excluding hydrogens is 228 g/mol. The molecule has 0 aromatic carbocycles. The third-order valence-corrected chi connectivity index (χ3v) is 5.75. The van der Waals surface area contributed by atoms with Gasteiger partial charge in [-0.25, -0.2) is 8.42 Å². The van der Waals surface area contributed by atoms with Crippen molar-refractivity contribution in [3.63, 3.8) is 0 Å². The maximum absolute atomic E-state index is 11.6. The minimum Gasteiger partial charge on any atom is -0.380 e. The second-order valence-corrected chi connectivity index (χ2v) is 7.08. The van der Waals surface area contributed by atoms with Crippen LogP contribution >= 0.6 is 0 Å². The van der Waals surface area contributed by atoms with Crippen LogP contribution in [-0.2, 0) is 14.6 Å². The SMILES string of the molecule is CN(C1CCOC1)C1(CN)CCS(=O)(=O)C1. The monoisotopic (exact) mass is 248 g/mol. The lowest BCUT2D eigenvalue weighted by molar-refractivity contribution is 0.0830. The standard InChI is InChI=1S/C10H20N2O3S/c1-12(9-2-4-15-6-9)10(7-11)3-5-16(13,14)8-10/h9H,2-8,11H2,1H3. The van der Waals surface area contributed by atoms with Gasteiger partial charge >= 0.3 is 0 Å². The number of rotatable bonds is 3. The first-order valence-corrected chi connectivity index (χ1v) is 7.52. The summed E-state index contributed by atoms with van der Waals surface area (Å²) in [5.41, 5.74) is 5.45. The van der Waals surface area contributed by atoms with Gasteiger partial charge in [0.2, 0.25) is 0 Å². The van der Waals surface area contributed by atoms with Crippen molar-refractivity contribution in [1.82, 2.24) is 4.90 Å². The van der Waals surface area contributed by atoms with Gasteiger partial charge in [0.1, 0.15) is 0 Å². The summed E-state index contributed by atoms with van der Waals surface area (Å²) in [4.78, 5) is 2.14. The van der Waals surface area contributed by atoms with Gasteiger partial charge < -0.3 is 10.5 Å². The molecular formula is C10H20N2O3S. The Bertz CT molecular complexity index is 351. The molecule has 0 saturated carbocycles. The third kappa shape index (κ3) is 2.11. The van der Waals surface area contributed by atoms with Crippen LogP contribution in [0.5, 0.6) is 0 Å². The summed E-state index contributed by atoms with van der Waals surface area (Å²) >= 11 is 0. The fraction of sp³-hybridized carbons (Fsp3) is 1.00. The molecule has 2 fully saturated rings. The lowest BCUT2D eigenvalue weighted by Gasteiger charge is -2.40. The van der Waals surface area contributed by atoms with Crippen LogP contribution in [0.1, 0.15) is 12.8 Å². The molecule has 16 heavy (non-hydrogen) atoms. The van der Waals surface area contributed by atoms with Crippen LogP contribution in [0.2, 0.25) is 0 Å². The molecule has 2 saturated heterocycles. The zero-order valence-corrected chi connectivity index (χ0v) is 10.5. The molecule has 0 aromatic heterocycles. The van der Waals surface area contributed by atoms with E-state index < -0.39 is 9.84 Å². The maximum atomic E-state index is 11.6. The molecule has 0 aliphatic carbocycles. The fourth-order valence-electron chi connectivity index (χ4n) is 2.70. The van der Waals surface area contributed by atoms with Crippen LogP contribution in [0, 0.1) is 0 Å². The molecule has 2 unspecified atom stereocenters. The van der Waals surface area contributed by atoms with Crippen LogP contribution < -0.4 is 5.73 Å². The Morgan fingerprint density at radius 1 is 1.56 bits per heavy atom. The molecule has 2 N–H and O–H groups in total. The number of hydrogen-bond donors (Lipinski definition) is 1. The van der Waals surface area contributed by atoms with Gasteiger partial charge in [0.05, 0.1) is 18.1 Å². The topological polar surface area (TPSA) is 72.6 Å². The van der Waals surface area contributed by atoms with E-state index in [1.807, 2.05) is 7.05 Å². The van der Waals surface area contributed by atoms with Crippen LogP contribution in [0.15, 0.2) is 0 Å². The van der Waals surface area contributed by atoms with E-state index in [0.29, 0.717) is 25.6 Å². The minimum atomic E-state index is -2.90. The van der Waals surface area contributed by atoms with E-state index in [1.54, 1.807) is 0 Å². The second kappa shape index (κ2) is 4.25. The lowest BCUT2D eigenvalue weighted by atomic mass is 9.95. The average molecular weight is 248 g/mol. The van der Waals surface area contributed by atoms with E-state index in [4.69, 9.17) is 10.5 Å². The molecule has 5 nitrogen and oxygen atoms in total. The van der Waals surface area contributed by atoms with Crippen LogP contribution in [0.4, 0.5) is 0 Å². The molecule has 0 radical (unpaired) electrons. The molecule has 2 rings (SSSR count). The van der Waals surface area contributed by atoms with Crippen LogP contribution in [0.25, 0.3) is 0 Å². The average Bonchev–Trinajstić information content (AvgIpc) is 2.85. The highest BCUT2D eigenvalue weighted by Gasteiger charge is 2.46. The third-order valence-electron chi connectivity index (χ3n) is 3.95. The van der Waals surface area contributed by atoms with E-state index in [1.165, 1.54) is 0 Å². The van der Waals surface area contributed by atoms with Crippen LogP contribution in [-0.4, -0.2) is 63.2 Å². The van der Waals surface area contributed by atoms with E-state index in [0.717, 1.165) is 13.0 Å². The zero-order chi connectivity index (χ0) is 11.8. The predicted octanol–water partition coefficient (Wildman–Crippen LogP) is -0.777. The van der Waals surface area contributed by atoms with Crippen molar-refractivity contribution < 1.29 is 13.2 Å². The smallest absolute Gasteiger partial charge is 0.152 e. The van der Waals surface area contributed by atoms with Crippen molar-refractivity contribution in [2.24, 2.45) is 5.73 Å². The minimum absolute atomic E-state index is 0.198. The number of sulfone groups is 1. The van der Waals surface area contributed by atoms with Crippen molar-refractivity contribution in [3.05, 3.63) is 0 Å². The number of nitrogens with zero attached hydrogens (tertiary/aromatic N) is 1. The summed E-state index contributed by atoms with van der Waals surface area (Å²) < 4.78 is 28.6. The summed E-state index contributed by atoms with van der Waals surface area (Å²) in [6.45, 7) is 1.86. The van der Waals surface area contributed by atoms with Gasteiger partial charge in [-0.3, -0.25) is 4.90 Å². The van der Waals surface area contributed by atoms with Gasteiger partial charge in [0.25, 0.3) is 0 Å². The molecule has 2 atom stereocenters. The first-order valence-electron chi connectivity index (χ1n) is 5.70. The van der Waals surface area contributed by atoms with Gasteiger partial charge in [0, 0.05) is 24.7 Å². The van der Waals surface area contributed by atoms with Gasteiger partial charge in [0.15, 0.2) is 9.84 Å². The molecule has 2 heterocycles. The Labute approximate surface area is 96.9 Å². The van der Waals surface area contributed by atoms with E-state index >= 15 is 0 Å². The predicted molar refractivity (Wildman–Crippen MR) is 62.0 cm³/mol. The molecule has 0 bridgehead atoms. The first-order chi connectivity index (χ1) is 7.49. The molecule has 94 valence electrons. The molecule has 0 aromatic rings. The number of likely N-dealkylation sites (N-methyl/N-ethyl adjacent to an activating group) is 1. The Hall–Kier alpha value is -0.170. The summed E-state index contributed by atoms with van der Waals surface area (Å²) in [5, 5.41) is 0. The Kier molecular flexibility index (Phi) is 3.27. The molecule has 0 amide bonds. The number of nitrogens with two attached hydrogens (primary N) is 1. The first kappa shape index (κ1) is 12.3. The second-order valence-electron chi connectivity index (χ2n) is 4.90. The van der Waals surface area contributed by atoms with E-state index in [2.05, 4.69) is 4.90 Å². The fourth-order valence-corrected chi connectivity index (χ4v) is 4.82.